The summed E-state index contributed by atoms with van der Waals surface area (Å²) in [6.07, 6.45) is 1.48. The van der Waals surface area contributed by atoms with Crippen molar-refractivity contribution in [1.29, 1.82) is 0 Å². The number of nitrogens with zero attached hydrogens (tertiary/aromatic N) is 1. The second kappa shape index (κ2) is 6.72. The second-order valence-corrected chi connectivity index (χ2v) is 5.46. The standard InChI is InChI=1S/C19H13FN2O4/c20-13-2-5-15(6-3-13)26-18-8-4-14(10-21-18)22-19(23)12-1-7-16-17(9-12)25-11-24-16/h1-10H,11H2,(H,22,23). The van der Waals surface area contributed by atoms with Gasteiger partial charge in [0.25, 0.3) is 5.91 Å². The maximum atomic E-state index is 12.9. The molecule has 2 heterocycles. The molecule has 0 atom stereocenters. The third kappa shape index (κ3) is 3.41. The number of nitrogens with one attached hydrogen (secondary N) is 1. The van der Waals surface area contributed by atoms with Gasteiger partial charge in [-0.1, -0.05) is 0 Å². The van der Waals surface area contributed by atoms with Gasteiger partial charge in [-0.2, -0.15) is 0 Å². The van der Waals surface area contributed by atoms with Gasteiger partial charge in [0.1, 0.15) is 11.6 Å². The lowest BCUT2D eigenvalue weighted by atomic mass is 10.2. The number of carbonyl (C=O) groups excluding carboxylic acids is 1. The highest BCUT2D eigenvalue weighted by molar-refractivity contribution is 6.04. The number of halogens is 1. The quantitative estimate of drug-likeness (QED) is 0.769. The van der Waals surface area contributed by atoms with Crippen molar-refractivity contribution in [2.24, 2.45) is 0 Å². The van der Waals surface area contributed by atoms with E-state index >= 15 is 0 Å². The van der Waals surface area contributed by atoms with Crippen molar-refractivity contribution in [1.82, 2.24) is 4.98 Å². The minimum absolute atomic E-state index is 0.153. The fourth-order valence-electron chi connectivity index (χ4n) is 2.38. The Morgan fingerprint density at radius 3 is 2.62 bits per heavy atom. The monoisotopic (exact) mass is 352 g/mol. The van der Waals surface area contributed by atoms with E-state index in [4.69, 9.17) is 14.2 Å². The summed E-state index contributed by atoms with van der Waals surface area (Å²) >= 11 is 0. The van der Waals surface area contributed by atoms with Crippen molar-refractivity contribution in [3.8, 4) is 23.1 Å². The van der Waals surface area contributed by atoms with Gasteiger partial charge in [0.05, 0.1) is 11.9 Å². The van der Waals surface area contributed by atoms with Gasteiger partial charge in [0.15, 0.2) is 11.5 Å². The summed E-state index contributed by atoms with van der Waals surface area (Å²) in [6.45, 7) is 0.153. The van der Waals surface area contributed by atoms with Crippen LogP contribution in [0.1, 0.15) is 10.4 Å². The molecule has 4 rings (SSSR count). The first-order valence-corrected chi connectivity index (χ1v) is 7.78. The van der Waals surface area contributed by atoms with Crippen molar-refractivity contribution in [3.63, 3.8) is 0 Å². The Kier molecular flexibility index (Phi) is 4.10. The molecule has 1 N–H and O–H groups in total. The molecule has 0 saturated heterocycles. The van der Waals surface area contributed by atoms with Crippen LogP contribution in [-0.2, 0) is 0 Å². The van der Waals surface area contributed by atoms with Gasteiger partial charge in [-0.05, 0) is 48.5 Å². The normalized spacial score (nSPS) is 11.9. The highest BCUT2D eigenvalue weighted by Gasteiger charge is 2.16. The van der Waals surface area contributed by atoms with Crippen molar-refractivity contribution < 1.29 is 23.4 Å². The summed E-state index contributed by atoms with van der Waals surface area (Å²) in [7, 11) is 0. The summed E-state index contributed by atoms with van der Waals surface area (Å²) < 4.78 is 28.9. The molecule has 1 amide bonds. The van der Waals surface area contributed by atoms with E-state index in [1.807, 2.05) is 0 Å². The molecule has 1 aliphatic heterocycles. The number of hydrogen-bond donors (Lipinski definition) is 1. The summed E-state index contributed by atoms with van der Waals surface area (Å²) in [5.41, 5.74) is 0.958. The number of ether oxygens (including phenoxy) is 3. The van der Waals surface area contributed by atoms with E-state index in [1.54, 1.807) is 30.3 Å². The number of anilines is 1. The van der Waals surface area contributed by atoms with Crippen LogP contribution in [0.4, 0.5) is 10.1 Å². The average Bonchev–Trinajstić information content (AvgIpc) is 3.13. The first-order chi connectivity index (χ1) is 12.7. The molecule has 130 valence electrons. The van der Waals surface area contributed by atoms with Gasteiger partial charge < -0.3 is 19.5 Å². The van der Waals surface area contributed by atoms with Gasteiger partial charge in [-0.15, -0.1) is 0 Å². The second-order valence-electron chi connectivity index (χ2n) is 5.46. The number of aromatic nitrogens is 1. The van der Waals surface area contributed by atoms with Crippen LogP contribution in [0.15, 0.2) is 60.8 Å². The van der Waals surface area contributed by atoms with Crippen LogP contribution in [0.25, 0.3) is 0 Å². The average molecular weight is 352 g/mol. The predicted molar refractivity (Wildman–Crippen MR) is 91.2 cm³/mol. The topological polar surface area (TPSA) is 69.7 Å². The number of carbonyl (C=O) groups is 1. The zero-order valence-electron chi connectivity index (χ0n) is 13.4. The number of rotatable bonds is 4. The number of fused-ring (bicyclic) bond motifs is 1. The Labute approximate surface area is 148 Å². The van der Waals surface area contributed by atoms with Gasteiger partial charge in [-0.25, -0.2) is 9.37 Å². The van der Waals surface area contributed by atoms with Crippen molar-refractivity contribution in [2.45, 2.75) is 0 Å². The number of benzene rings is 2. The smallest absolute Gasteiger partial charge is 0.255 e. The molecule has 0 aliphatic carbocycles. The zero-order chi connectivity index (χ0) is 17.9. The highest BCUT2D eigenvalue weighted by atomic mass is 19.1. The molecule has 1 aliphatic rings. The Hall–Kier alpha value is -3.61. The van der Waals surface area contributed by atoms with Crippen LogP contribution in [-0.4, -0.2) is 17.7 Å². The van der Waals surface area contributed by atoms with Crippen LogP contribution in [0.3, 0.4) is 0 Å². The van der Waals surface area contributed by atoms with Gasteiger partial charge in [0.2, 0.25) is 12.7 Å². The third-order valence-electron chi connectivity index (χ3n) is 3.67. The van der Waals surface area contributed by atoms with Crippen LogP contribution < -0.4 is 19.5 Å². The molecule has 0 unspecified atom stereocenters. The minimum Gasteiger partial charge on any atom is -0.454 e. The van der Waals surface area contributed by atoms with E-state index < -0.39 is 0 Å². The zero-order valence-corrected chi connectivity index (χ0v) is 13.4. The molecule has 26 heavy (non-hydrogen) atoms. The lowest BCUT2D eigenvalue weighted by Crippen LogP contribution is -2.11. The van der Waals surface area contributed by atoms with Crippen molar-refractivity contribution in [3.05, 3.63) is 72.2 Å². The van der Waals surface area contributed by atoms with E-state index in [-0.39, 0.29) is 18.5 Å². The molecule has 0 saturated carbocycles. The van der Waals surface area contributed by atoms with E-state index in [0.29, 0.717) is 34.4 Å². The van der Waals surface area contributed by atoms with E-state index in [1.165, 1.54) is 30.5 Å². The third-order valence-corrected chi connectivity index (χ3v) is 3.67. The molecular formula is C19H13FN2O4. The molecule has 0 spiro atoms. The summed E-state index contributed by atoms with van der Waals surface area (Å²) in [6, 6.07) is 13.9. The van der Waals surface area contributed by atoms with Gasteiger partial charge in [0, 0.05) is 11.6 Å². The fraction of sp³-hybridized carbons (Fsp3) is 0.0526. The van der Waals surface area contributed by atoms with E-state index in [9.17, 15) is 9.18 Å². The van der Waals surface area contributed by atoms with Crippen LogP contribution in [0.2, 0.25) is 0 Å². The Morgan fingerprint density at radius 2 is 1.85 bits per heavy atom. The lowest BCUT2D eigenvalue weighted by molar-refractivity contribution is 0.102. The maximum absolute atomic E-state index is 12.9. The maximum Gasteiger partial charge on any atom is 0.255 e. The molecule has 0 fully saturated rings. The molecular weight excluding hydrogens is 339 g/mol. The van der Waals surface area contributed by atoms with E-state index in [2.05, 4.69) is 10.3 Å². The molecule has 0 radical (unpaired) electrons. The van der Waals surface area contributed by atoms with Crippen LogP contribution in [0, 0.1) is 5.82 Å². The number of pyridine rings is 1. The van der Waals surface area contributed by atoms with Gasteiger partial charge in [-0.3, -0.25) is 4.79 Å². The minimum atomic E-state index is -0.341. The fourth-order valence-corrected chi connectivity index (χ4v) is 2.38. The molecule has 0 bridgehead atoms. The molecule has 3 aromatic rings. The highest BCUT2D eigenvalue weighted by Crippen LogP contribution is 2.32. The first-order valence-electron chi connectivity index (χ1n) is 7.78. The van der Waals surface area contributed by atoms with Crippen molar-refractivity contribution in [2.75, 3.05) is 12.1 Å². The van der Waals surface area contributed by atoms with Crippen LogP contribution in [0.5, 0.6) is 23.1 Å². The Bertz CT molecular complexity index is 943. The molecule has 2 aromatic carbocycles. The Morgan fingerprint density at radius 1 is 1.04 bits per heavy atom. The molecule has 7 heteroatoms. The largest absolute Gasteiger partial charge is 0.454 e. The van der Waals surface area contributed by atoms with Crippen LogP contribution >= 0.6 is 0 Å². The number of amides is 1. The van der Waals surface area contributed by atoms with Gasteiger partial charge >= 0.3 is 0 Å². The lowest BCUT2D eigenvalue weighted by Gasteiger charge is -2.08. The number of hydrogen-bond acceptors (Lipinski definition) is 5. The molecule has 1 aromatic heterocycles. The van der Waals surface area contributed by atoms with Crippen molar-refractivity contribution >= 4 is 11.6 Å². The summed E-state index contributed by atoms with van der Waals surface area (Å²) in [5, 5.41) is 2.74. The molecule has 6 nitrogen and oxygen atoms in total. The van der Waals surface area contributed by atoms with E-state index in [0.717, 1.165) is 0 Å². The summed E-state index contributed by atoms with van der Waals surface area (Å²) in [5.74, 6) is 1.32. The Balaban J connectivity index is 1.42. The SMILES string of the molecule is O=C(Nc1ccc(Oc2ccc(F)cc2)nc1)c1ccc2c(c1)OCO2. The predicted octanol–water partition coefficient (Wildman–Crippen LogP) is 3.99. The first kappa shape index (κ1) is 15.9. The summed E-state index contributed by atoms with van der Waals surface area (Å²) in [4.78, 5) is 16.4.